The number of aromatic nitrogens is 3. The van der Waals surface area contributed by atoms with Gasteiger partial charge < -0.3 is 34.9 Å². The molecule has 0 saturated carbocycles. The minimum absolute atomic E-state index is 0.0541. The molecule has 0 bridgehead atoms. The van der Waals surface area contributed by atoms with Gasteiger partial charge in [-0.3, -0.25) is 9.59 Å². The minimum atomic E-state index is -0.819. The zero-order chi connectivity index (χ0) is 31.3. The van der Waals surface area contributed by atoms with E-state index in [1.165, 1.54) is 16.7 Å². The Morgan fingerprint density at radius 2 is 1.73 bits per heavy atom. The zero-order valence-electron chi connectivity index (χ0n) is 26.4. The predicted octanol–water partition coefficient (Wildman–Crippen LogP) is 4.36. The highest BCUT2D eigenvalue weighted by atomic mass is 16.5. The van der Waals surface area contributed by atoms with Crippen molar-refractivity contribution >= 4 is 22.6 Å². The first-order chi connectivity index (χ1) is 21.0. The lowest BCUT2D eigenvalue weighted by atomic mass is 9.94. The summed E-state index contributed by atoms with van der Waals surface area (Å²) in [7, 11) is 2.12. The lowest BCUT2D eigenvalue weighted by Gasteiger charge is -2.34. The van der Waals surface area contributed by atoms with Crippen LogP contribution in [-0.4, -0.2) is 81.2 Å². The molecular weight excluding hydrogens is 556 g/mol. The number of likely N-dealkylation sites (tertiary alicyclic amines) is 1. The van der Waals surface area contributed by atoms with Gasteiger partial charge in [0.2, 0.25) is 0 Å². The Labute approximate surface area is 257 Å². The zero-order valence-corrected chi connectivity index (χ0v) is 26.4. The lowest BCUT2D eigenvalue weighted by Crippen LogP contribution is -2.43. The molecule has 0 radical (unpaired) electrons. The molecule has 0 unspecified atom stereocenters. The molecule has 2 aliphatic rings. The molecule has 1 fully saturated rings. The second-order valence-corrected chi connectivity index (χ2v) is 12.5. The molecule has 4 aromatic rings. The number of amides is 1. The van der Waals surface area contributed by atoms with Gasteiger partial charge in [0, 0.05) is 30.9 Å². The average molecular weight is 599 g/mol. The third-order valence-corrected chi connectivity index (χ3v) is 9.74. The number of aliphatic hydroxyl groups is 1. The maximum absolute atomic E-state index is 13.4. The fourth-order valence-corrected chi connectivity index (χ4v) is 6.57. The third-order valence-electron chi connectivity index (χ3n) is 9.74. The number of carbonyl (C=O) groups is 1. The number of anilines is 1. The molecule has 10 nitrogen and oxygen atoms in total. The number of piperidine rings is 1. The number of nitrogens with one attached hydrogen (secondary N) is 3. The summed E-state index contributed by atoms with van der Waals surface area (Å²) in [6, 6.07) is 5.83. The first kappa shape index (κ1) is 29.9. The van der Waals surface area contributed by atoms with Crippen LogP contribution in [0.3, 0.4) is 0 Å². The van der Waals surface area contributed by atoms with Crippen molar-refractivity contribution in [3.63, 3.8) is 0 Å². The number of aromatic amines is 2. The molecular formula is C34H42N6O4. The molecule has 0 spiro atoms. The highest BCUT2D eigenvalue weighted by Crippen LogP contribution is 2.34. The van der Waals surface area contributed by atoms with Crippen LogP contribution in [0, 0.1) is 34.6 Å². The van der Waals surface area contributed by atoms with Crippen molar-refractivity contribution < 1.29 is 14.6 Å². The summed E-state index contributed by atoms with van der Waals surface area (Å²) >= 11 is 0. The van der Waals surface area contributed by atoms with Gasteiger partial charge in [0.15, 0.2) is 0 Å². The van der Waals surface area contributed by atoms with Crippen molar-refractivity contribution in [2.24, 2.45) is 0 Å². The number of fused-ring (bicyclic) bond motifs is 2. The van der Waals surface area contributed by atoms with E-state index >= 15 is 0 Å². The van der Waals surface area contributed by atoms with E-state index in [0.717, 1.165) is 53.9 Å². The maximum Gasteiger partial charge on any atom is 0.261 e. The van der Waals surface area contributed by atoms with Crippen LogP contribution in [0.2, 0.25) is 0 Å². The SMILES string of the molecule is Cc1c(C)c(C)c(OC[C@H](O)CNc2cc[nH]c(=O)c2-c2nc3cc4c(cc3[nH]2)CN(C2CCN(C)CC2)C4=O)c(C)c1C. The Balaban J connectivity index is 1.18. The molecule has 2 aromatic heterocycles. The Bertz CT molecular complexity index is 1770. The van der Waals surface area contributed by atoms with Gasteiger partial charge in [-0.1, -0.05) is 0 Å². The highest BCUT2D eigenvalue weighted by Gasteiger charge is 2.34. The van der Waals surface area contributed by atoms with Crippen molar-refractivity contribution in [3.8, 4) is 17.1 Å². The number of ether oxygens (including phenoxy) is 1. The number of carbonyl (C=O) groups excluding carboxylic acids is 1. The molecule has 4 N–H and O–H groups in total. The van der Waals surface area contributed by atoms with E-state index < -0.39 is 6.10 Å². The average Bonchev–Trinajstić information content (AvgIpc) is 3.56. The topological polar surface area (TPSA) is 127 Å². The molecule has 10 heteroatoms. The summed E-state index contributed by atoms with van der Waals surface area (Å²) in [5, 5.41) is 14.0. The van der Waals surface area contributed by atoms with E-state index in [2.05, 4.69) is 48.0 Å². The molecule has 1 saturated heterocycles. The van der Waals surface area contributed by atoms with Gasteiger partial charge in [-0.2, -0.15) is 0 Å². The third kappa shape index (κ3) is 5.37. The van der Waals surface area contributed by atoms with E-state index in [1.54, 1.807) is 12.3 Å². The summed E-state index contributed by atoms with van der Waals surface area (Å²) in [5.41, 5.74) is 9.44. The Morgan fingerprint density at radius 3 is 2.43 bits per heavy atom. The van der Waals surface area contributed by atoms with Gasteiger partial charge in [0.25, 0.3) is 11.5 Å². The molecule has 1 atom stereocenters. The lowest BCUT2D eigenvalue weighted by molar-refractivity contribution is 0.0617. The van der Waals surface area contributed by atoms with Gasteiger partial charge in [-0.15, -0.1) is 0 Å². The van der Waals surface area contributed by atoms with E-state index in [9.17, 15) is 14.7 Å². The quantitative estimate of drug-likeness (QED) is 0.237. The van der Waals surface area contributed by atoms with Crippen LogP contribution in [0.5, 0.6) is 5.75 Å². The van der Waals surface area contributed by atoms with Gasteiger partial charge >= 0.3 is 0 Å². The van der Waals surface area contributed by atoms with Gasteiger partial charge in [-0.05, 0) is 119 Å². The van der Waals surface area contributed by atoms with Crippen molar-refractivity contribution in [3.05, 3.63) is 73.7 Å². The normalized spacial score (nSPS) is 16.5. The molecule has 0 aliphatic carbocycles. The van der Waals surface area contributed by atoms with Crippen LogP contribution >= 0.6 is 0 Å². The number of aliphatic hydroxyl groups excluding tert-OH is 1. The Morgan fingerprint density at radius 1 is 1.05 bits per heavy atom. The summed E-state index contributed by atoms with van der Waals surface area (Å²) < 4.78 is 6.10. The van der Waals surface area contributed by atoms with Gasteiger partial charge in [0.1, 0.15) is 29.8 Å². The fourth-order valence-electron chi connectivity index (χ4n) is 6.57. The molecule has 44 heavy (non-hydrogen) atoms. The number of benzene rings is 2. The smallest absolute Gasteiger partial charge is 0.261 e. The second kappa shape index (κ2) is 11.7. The maximum atomic E-state index is 13.4. The fraction of sp³-hybridized carbons (Fsp3) is 0.441. The van der Waals surface area contributed by atoms with Crippen LogP contribution in [0.25, 0.3) is 22.4 Å². The number of nitrogens with zero attached hydrogens (tertiary/aromatic N) is 3. The summed E-state index contributed by atoms with van der Waals surface area (Å²) in [5.74, 6) is 1.26. The summed E-state index contributed by atoms with van der Waals surface area (Å²) in [6.45, 7) is 13.2. The number of hydrogen-bond donors (Lipinski definition) is 4. The molecule has 4 heterocycles. The van der Waals surface area contributed by atoms with E-state index in [-0.39, 0.29) is 30.7 Å². The summed E-state index contributed by atoms with van der Waals surface area (Å²) in [6.07, 6.45) is 2.71. The van der Waals surface area contributed by atoms with Crippen LogP contribution in [0.15, 0.2) is 29.2 Å². The van der Waals surface area contributed by atoms with Gasteiger partial charge in [0.05, 0.1) is 16.7 Å². The van der Waals surface area contributed by atoms with Gasteiger partial charge in [-0.25, -0.2) is 4.98 Å². The molecule has 1 amide bonds. The van der Waals surface area contributed by atoms with E-state index in [1.807, 2.05) is 30.9 Å². The highest BCUT2D eigenvalue weighted by molar-refractivity contribution is 6.02. The first-order valence-corrected chi connectivity index (χ1v) is 15.4. The number of rotatable bonds is 8. The minimum Gasteiger partial charge on any atom is -0.490 e. The standard InChI is InChI=1S/C34H42N6O4/c1-18-19(2)21(4)31(22(5)20(18)3)44-17-25(41)15-36-27-7-10-35-33(42)30(27)32-37-28-13-23-16-40(24-8-11-39(6)12-9-24)34(43)26(23)14-29(28)38-32/h7,10,13-14,24-25,41H,8-9,11-12,15-17H2,1-6H3,(H,37,38)(H2,35,36,42)/t25-/m1/s1. The number of pyridine rings is 1. The van der Waals surface area contributed by atoms with Crippen molar-refractivity contribution in [2.75, 3.05) is 38.6 Å². The monoisotopic (exact) mass is 598 g/mol. The van der Waals surface area contributed by atoms with Crippen molar-refractivity contribution in [1.29, 1.82) is 0 Å². The molecule has 2 aromatic carbocycles. The van der Waals surface area contributed by atoms with Crippen LogP contribution in [-0.2, 0) is 6.54 Å². The number of H-pyrrole nitrogens is 2. The number of hydrogen-bond acceptors (Lipinski definition) is 7. The molecule has 232 valence electrons. The Kier molecular flexibility index (Phi) is 7.98. The molecule has 2 aliphatic heterocycles. The van der Waals surface area contributed by atoms with Crippen molar-refractivity contribution in [2.45, 2.75) is 66.2 Å². The summed E-state index contributed by atoms with van der Waals surface area (Å²) in [4.78, 5) is 41.5. The van der Waals surface area contributed by atoms with Crippen LogP contribution in [0.1, 0.15) is 56.6 Å². The Hall–Kier alpha value is -4.15. The predicted molar refractivity (Wildman–Crippen MR) is 173 cm³/mol. The van der Waals surface area contributed by atoms with Crippen molar-refractivity contribution in [1.82, 2.24) is 24.8 Å². The first-order valence-electron chi connectivity index (χ1n) is 15.4. The van der Waals surface area contributed by atoms with E-state index in [4.69, 9.17) is 9.72 Å². The molecule has 6 rings (SSSR count). The second-order valence-electron chi connectivity index (χ2n) is 12.5. The number of imidazole rings is 1. The van der Waals surface area contributed by atoms with E-state index in [0.29, 0.717) is 34.7 Å². The van der Waals surface area contributed by atoms with Crippen LogP contribution in [0.4, 0.5) is 5.69 Å². The van der Waals surface area contributed by atoms with Crippen LogP contribution < -0.4 is 15.6 Å². The largest absolute Gasteiger partial charge is 0.490 e.